The molecule has 9 nitrogen and oxygen atoms in total. The van der Waals surface area contributed by atoms with E-state index < -0.39 is 5.91 Å². The van der Waals surface area contributed by atoms with Crippen LogP contribution in [0.2, 0.25) is 0 Å². The summed E-state index contributed by atoms with van der Waals surface area (Å²) in [5, 5.41) is 4.64. The number of anilines is 1. The molecule has 4 N–H and O–H groups in total. The van der Waals surface area contributed by atoms with Gasteiger partial charge in [0.1, 0.15) is 27.8 Å². The van der Waals surface area contributed by atoms with Crippen LogP contribution in [-0.2, 0) is 6.54 Å². The third-order valence-corrected chi connectivity index (χ3v) is 4.99. The van der Waals surface area contributed by atoms with Crippen LogP contribution in [0.5, 0.6) is 6.01 Å². The van der Waals surface area contributed by atoms with Crippen LogP contribution in [0.25, 0.3) is 21.7 Å². The maximum Gasteiger partial charge on any atom is 0.318 e. The predicted molar refractivity (Wildman–Crippen MR) is 101 cm³/mol. The van der Waals surface area contributed by atoms with Gasteiger partial charge in [0.05, 0.1) is 17.6 Å². The van der Waals surface area contributed by atoms with Crippen molar-refractivity contribution in [3.63, 3.8) is 0 Å². The lowest BCUT2D eigenvalue weighted by Crippen LogP contribution is -2.11. The number of thiophene rings is 1. The Morgan fingerprint density at radius 3 is 2.89 bits per heavy atom. The number of fused-ring (bicyclic) bond motifs is 1. The van der Waals surface area contributed by atoms with Crippen molar-refractivity contribution in [2.24, 2.45) is 5.73 Å². The molecule has 1 amide bonds. The predicted octanol–water partition coefficient (Wildman–Crippen LogP) is 2.22. The van der Waals surface area contributed by atoms with Crippen LogP contribution in [-0.4, -0.2) is 32.3 Å². The van der Waals surface area contributed by atoms with Gasteiger partial charge in [-0.15, -0.1) is 11.3 Å². The summed E-state index contributed by atoms with van der Waals surface area (Å²) in [6.45, 7) is 2.70. The summed E-state index contributed by atoms with van der Waals surface area (Å²) in [5.41, 5.74) is 12.3. The van der Waals surface area contributed by atoms with E-state index in [1.807, 2.05) is 25.3 Å². The molecule has 0 fully saturated rings. The van der Waals surface area contributed by atoms with Crippen LogP contribution in [0.15, 0.2) is 35.0 Å². The van der Waals surface area contributed by atoms with Crippen LogP contribution < -0.4 is 16.2 Å². The third kappa shape index (κ3) is 3.22. The number of nitrogens with zero attached hydrogens (tertiary/aromatic N) is 4. The molecule has 4 rings (SSSR count). The number of hydrogen-bond acceptors (Lipinski definition) is 8. The molecule has 27 heavy (non-hydrogen) atoms. The van der Waals surface area contributed by atoms with Gasteiger partial charge in [-0.05, 0) is 25.1 Å². The lowest BCUT2D eigenvalue weighted by Gasteiger charge is -2.07. The maximum absolute atomic E-state index is 11.7. The number of furan rings is 1. The number of aromatic nitrogens is 4. The number of amides is 1. The molecule has 0 aromatic carbocycles. The number of rotatable bonds is 6. The van der Waals surface area contributed by atoms with Gasteiger partial charge in [0.15, 0.2) is 5.76 Å². The normalized spacial score (nSPS) is 11.1. The minimum Gasteiger partial charge on any atom is -0.461 e. The molecule has 0 aliphatic heterocycles. The van der Waals surface area contributed by atoms with E-state index in [0.29, 0.717) is 34.8 Å². The Bertz CT molecular complexity index is 1120. The number of hydrogen-bond donors (Lipinski definition) is 2. The number of carbonyl (C=O) groups excluding carboxylic acids is 1. The molecule has 4 heterocycles. The van der Waals surface area contributed by atoms with Crippen molar-refractivity contribution in [2.75, 3.05) is 12.3 Å². The molecule has 10 heteroatoms. The first-order valence-electron chi connectivity index (χ1n) is 8.10. The molecular formula is C17H16N6O3S. The third-order valence-electron chi connectivity index (χ3n) is 3.88. The second kappa shape index (κ2) is 6.72. The maximum atomic E-state index is 11.7. The Kier molecular flexibility index (Phi) is 4.24. The van der Waals surface area contributed by atoms with E-state index in [2.05, 4.69) is 15.1 Å². The van der Waals surface area contributed by atoms with Gasteiger partial charge in [-0.1, -0.05) is 0 Å². The van der Waals surface area contributed by atoms with Crippen LogP contribution in [0.1, 0.15) is 15.4 Å². The number of carbonyl (C=O) groups is 1. The summed E-state index contributed by atoms with van der Waals surface area (Å²) in [5.74, 6) is 0.623. The Balaban J connectivity index is 1.75. The number of nitrogens with two attached hydrogens (primary N) is 2. The Hall–Kier alpha value is -3.40. The first-order valence-corrected chi connectivity index (χ1v) is 8.91. The minimum atomic E-state index is -0.613. The topological polar surface area (TPSA) is 135 Å². The second-order valence-electron chi connectivity index (χ2n) is 5.77. The average Bonchev–Trinajstić information content (AvgIpc) is 3.35. The van der Waals surface area contributed by atoms with Crippen molar-refractivity contribution in [3.8, 4) is 17.5 Å². The summed E-state index contributed by atoms with van der Waals surface area (Å²) < 4.78 is 13.1. The summed E-state index contributed by atoms with van der Waals surface area (Å²) in [7, 11) is 0. The van der Waals surface area contributed by atoms with E-state index >= 15 is 0 Å². The highest BCUT2D eigenvalue weighted by Crippen LogP contribution is 2.39. The zero-order valence-corrected chi connectivity index (χ0v) is 15.2. The minimum absolute atomic E-state index is 0.163. The van der Waals surface area contributed by atoms with E-state index in [1.54, 1.807) is 16.9 Å². The van der Waals surface area contributed by atoms with E-state index in [9.17, 15) is 4.79 Å². The van der Waals surface area contributed by atoms with Crippen molar-refractivity contribution in [1.29, 1.82) is 0 Å². The van der Waals surface area contributed by atoms with E-state index in [0.717, 1.165) is 17.1 Å². The smallest absolute Gasteiger partial charge is 0.318 e. The highest BCUT2D eigenvalue weighted by molar-refractivity contribution is 7.21. The number of nitrogen functional groups attached to an aromatic ring is 1. The van der Waals surface area contributed by atoms with Crippen molar-refractivity contribution >= 4 is 33.1 Å². The van der Waals surface area contributed by atoms with Crippen molar-refractivity contribution in [2.45, 2.75) is 13.5 Å². The monoisotopic (exact) mass is 384 g/mol. The summed E-state index contributed by atoms with van der Waals surface area (Å²) in [4.78, 5) is 21.2. The molecule has 4 aromatic rings. The first kappa shape index (κ1) is 17.0. The average molecular weight is 384 g/mol. The van der Waals surface area contributed by atoms with Crippen LogP contribution in [0.4, 0.5) is 5.69 Å². The summed E-state index contributed by atoms with van der Waals surface area (Å²) in [6, 6.07) is 5.60. The molecule has 0 saturated carbocycles. The Morgan fingerprint density at radius 2 is 2.22 bits per heavy atom. The SMILES string of the molecule is Cc1ccc(-c2nc(OCCn3cccn3)nc3sc(C(N)=O)c(N)c23)o1. The fourth-order valence-electron chi connectivity index (χ4n) is 2.65. The molecule has 0 spiro atoms. The number of aryl methyl sites for hydroxylation is 1. The van der Waals surface area contributed by atoms with E-state index in [4.69, 9.17) is 20.6 Å². The lowest BCUT2D eigenvalue weighted by atomic mass is 10.2. The molecule has 0 aliphatic carbocycles. The lowest BCUT2D eigenvalue weighted by molar-refractivity contribution is 0.100. The molecular weight excluding hydrogens is 368 g/mol. The molecule has 0 radical (unpaired) electrons. The number of ether oxygens (including phenoxy) is 1. The van der Waals surface area contributed by atoms with Crippen molar-refractivity contribution in [1.82, 2.24) is 19.7 Å². The Morgan fingerprint density at radius 1 is 1.37 bits per heavy atom. The molecule has 0 unspecified atom stereocenters. The fraction of sp³-hybridized carbons (Fsp3) is 0.176. The van der Waals surface area contributed by atoms with Crippen LogP contribution in [0, 0.1) is 6.92 Å². The second-order valence-corrected chi connectivity index (χ2v) is 6.77. The first-order chi connectivity index (χ1) is 13.0. The van der Waals surface area contributed by atoms with Crippen LogP contribution in [0.3, 0.4) is 0 Å². The van der Waals surface area contributed by atoms with Gasteiger partial charge in [-0.25, -0.2) is 0 Å². The van der Waals surface area contributed by atoms with Gasteiger partial charge in [0.2, 0.25) is 0 Å². The Labute approximate surface area is 157 Å². The van der Waals surface area contributed by atoms with E-state index in [1.165, 1.54) is 0 Å². The van der Waals surface area contributed by atoms with E-state index in [-0.39, 0.29) is 16.6 Å². The fourth-order valence-corrected chi connectivity index (χ4v) is 3.59. The molecule has 0 aliphatic rings. The zero-order chi connectivity index (χ0) is 19.0. The summed E-state index contributed by atoms with van der Waals surface area (Å²) in [6.07, 6.45) is 3.53. The highest BCUT2D eigenvalue weighted by atomic mass is 32.1. The highest BCUT2D eigenvalue weighted by Gasteiger charge is 2.22. The van der Waals surface area contributed by atoms with Gasteiger partial charge in [-0.2, -0.15) is 15.1 Å². The standard InChI is InChI=1S/C17H16N6O3S/c1-9-3-4-10(26-9)13-11-12(18)14(15(19)24)27-16(11)22-17(21-13)25-8-7-23-6-2-5-20-23/h2-6H,7-8,18H2,1H3,(H2,19,24). The quantitative estimate of drug-likeness (QED) is 0.520. The van der Waals surface area contributed by atoms with Gasteiger partial charge in [0.25, 0.3) is 5.91 Å². The van der Waals surface area contributed by atoms with Crippen molar-refractivity contribution in [3.05, 3.63) is 41.2 Å². The molecule has 0 bridgehead atoms. The largest absolute Gasteiger partial charge is 0.461 e. The van der Waals surface area contributed by atoms with Gasteiger partial charge >= 0.3 is 6.01 Å². The van der Waals surface area contributed by atoms with Gasteiger partial charge < -0.3 is 20.6 Å². The van der Waals surface area contributed by atoms with Crippen LogP contribution >= 0.6 is 11.3 Å². The molecule has 0 atom stereocenters. The van der Waals surface area contributed by atoms with Crippen molar-refractivity contribution < 1.29 is 13.9 Å². The van der Waals surface area contributed by atoms with Gasteiger partial charge in [0, 0.05) is 12.4 Å². The molecule has 138 valence electrons. The zero-order valence-electron chi connectivity index (χ0n) is 14.4. The molecule has 0 saturated heterocycles. The summed E-state index contributed by atoms with van der Waals surface area (Å²) >= 11 is 1.10. The molecule has 4 aromatic heterocycles. The van der Waals surface area contributed by atoms with Gasteiger partial charge in [-0.3, -0.25) is 9.48 Å². The number of primary amides is 1.